The molecule has 0 heterocycles. The van der Waals surface area contributed by atoms with Gasteiger partial charge in [-0.15, -0.1) is 0 Å². The maximum atomic E-state index is 12.2. The van der Waals surface area contributed by atoms with E-state index in [1.807, 2.05) is 30.3 Å². The number of anilines is 4. The van der Waals surface area contributed by atoms with Crippen LogP contribution in [0.3, 0.4) is 0 Å². The minimum atomic E-state index is -0.482. The van der Waals surface area contributed by atoms with Gasteiger partial charge in [0.2, 0.25) is 0 Å². The molecule has 0 aliphatic heterocycles. The van der Waals surface area contributed by atoms with Crippen molar-refractivity contribution in [3.8, 4) is 6.07 Å². The first-order chi connectivity index (χ1) is 12.6. The lowest BCUT2D eigenvalue weighted by Crippen LogP contribution is -2.21. The highest BCUT2D eigenvalue weighted by Crippen LogP contribution is 2.18. The molecule has 2 aromatic rings. The third-order valence-corrected chi connectivity index (χ3v) is 3.91. The Balaban J connectivity index is 2.03. The summed E-state index contributed by atoms with van der Waals surface area (Å²) in [6.07, 6.45) is 1.40. The van der Waals surface area contributed by atoms with E-state index in [4.69, 9.17) is 5.73 Å². The molecule has 2 aromatic carbocycles. The fourth-order valence-electron chi connectivity index (χ4n) is 2.43. The second-order valence-corrected chi connectivity index (χ2v) is 5.61. The van der Waals surface area contributed by atoms with Crippen molar-refractivity contribution in [2.75, 3.05) is 34.4 Å². The second kappa shape index (κ2) is 9.14. The number of rotatable bonds is 7. The highest BCUT2D eigenvalue weighted by atomic mass is 16.1. The van der Waals surface area contributed by atoms with Crippen molar-refractivity contribution in [2.24, 2.45) is 0 Å². The van der Waals surface area contributed by atoms with Gasteiger partial charge in [-0.2, -0.15) is 5.26 Å². The first-order valence-electron chi connectivity index (χ1n) is 8.46. The van der Waals surface area contributed by atoms with Gasteiger partial charge in [0.05, 0.1) is 0 Å². The van der Waals surface area contributed by atoms with Crippen LogP contribution in [0.4, 0.5) is 22.7 Å². The summed E-state index contributed by atoms with van der Waals surface area (Å²) in [5, 5.41) is 14.9. The van der Waals surface area contributed by atoms with E-state index in [0.717, 1.165) is 24.5 Å². The number of nitrogens with zero attached hydrogens (tertiary/aromatic N) is 2. The standard InChI is InChI=1S/C20H23N5O/c1-3-25(4-2)19-11-9-17(10-12-19)23-14-15(13-21)20(26)24-18-7-5-16(22)6-8-18/h5-12,14,23H,3-4,22H2,1-2H3,(H,24,26)/b15-14-. The Morgan fingerprint density at radius 2 is 1.65 bits per heavy atom. The molecular formula is C20H23N5O. The summed E-state index contributed by atoms with van der Waals surface area (Å²) in [6.45, 7) is 6.09. The van der Waals surface area contributed by atoms with E-state index in [9.17, 15) is 10.1 Å². The molecule has 0 bridgehead atoms. The number of hydrogen-bond donors (Lipinski definition) is 3. The number of hydrogen-bond acceptors (Lipinski definition) is 5. The van der Waals surface area contributed by atoms with Gasteiger partial charge in [0.1, 0.15) is 11.6 Å². The molecule has 0 unspecified atom stereocenters. The maximum absolute atomic E-state index is 12.2. The summed E-state index contributed by atoms with van der Waals surface area (Å²) < 4.78 is 0. The molecule has 0 radical (unpaired) electrons. The van der Waals surface area contributed by atoms with Gasteiger partial charge in [0.15, 0.2) is 0 Å². The molecule has 0 aliphatic carbocycles. The summed E-state index contributed by atoms with van der Waals surface area (Å²) in [4.78, 5) is 14.4. The Morgan fingerprint density at radius 3 is 2.19 bits per heavy atom. The molecule has 0 atom stereocenters. The topological polar surface area (TPSA) is 94.2 Å². The number of carbonyl (C=O) groups is 1. The highest BCUT2D eigenvalue weighted by molar-refractivity contribution is 6.06. The predicted molar refractivity (Wildman–Crippen MR) is 107 cm³/mol. The van der Waals surface area contributed by atoms with E-state index in [1.165, 1.54) is 6.20 Å². The summed E-state index contributed by atoms with van der Waals surface area (Å²) in [5.74, 6) is -0.482. The van der Waals surface area contributed by atoms with E-state index >= 15 is 0 Å². The number of nitriles is 1. The van der Waals surface area contributed by atoms with Crippen LogP contribution in [0, 0.1) is 11.3 Å². The summed E-state index contributed by atoms with van der Waals surface area (Å²) in [7, 11) is 0. The van der Waals surface area contributed by atoms with Crippen molar-refractivity contribution in [1.82, 2.24) is 0 Å². The molecule has 6 heteroatoms. The summed E-state index contributed by atoms with van der Waals surface area (Å²) in [5.41, 5.74) is 8.71. The lowest BCUT2D eigenvalue weighted by Gasteiger charge is -2.21. The molecule has 0 aromatic heterocycles. The monoisotopic (exact) mass is 349 g/mol. The molecular weight excluding hydrogens is 326 g/mol. The number of carbonyl (C=O) groups excluding carboxylic acids is 1. The Labute approximate surface area is 153 Å². The number of nitrogen functional groups attached to an aromatic ring is 1. The number of nitrogens with one attached hydrogen (secondary N) is 2. The average Bonchev–Trinajstić information content (AvgIpc) is 2.66. The third kappa shape index (κ3) is 5.02. The molecule has 0 aliphatic rings. The molecule has 134 valence electrons. The third-order valence-electron chi connectivity index (χ3n) is 3.91. The first-order valence-corrected chi connectivity index (χ1v) is 8.46. The van der Waals surface area contributed by atoms with Crippen LogP contribution in [0.25, 0.3) is 0 Å². The lowest BCUT2D eigenvalue weighted by molar-refractivity contribution is -0.112. The molecule has 0 saturated heterocycles. The molecule has 26 heavy (non-hydrogen) atoms. The Kier molecular flexibility index (Phi) is 6.63. The number of nitrogens with two attached hydrogens (primary N) is 1. The smallest absolute Gasteiger partial charge is 0.267 e. The van der Waals surface area contributed by atoms with Crippen LogP contribution in [0.15, 0.2) is 60.3 Å². The highest BCUT2D eigenvalue weighted by Gasteiger charge is 2.09. The van der Waals surface area contributed by atoms with Gasteiger partial charge < -0.3 is 21.3 Å². The van der Waals surface area contributed by atoms with E-state index in [0.29, 0.717) is 11.4 Å². The minimum absolute atomic E-state index is 0.0188. The van der Waals surface area contributed by atoms with E-state index < -0.39 is 5.91 Å². The zero-order valence-electron chi connectivity index (χ0n) is 15.0. The van der Waals surface area contributed by atoms with Crippen LogP contribution in [-0.2, 0) is 4.79 Å². The lowest BCUT2D eigenvalue weighted by atomic mass is 10.2. The largest absolute Gasteiger partial charge is 0.399 e. The Hall–Kier alpha value is -3.46. The molecule has 0 fully saturated rings. The quantitative estimate of drug-likeness (QED) is 0.403. The van der Waals surface area contributed by atoms with Crippen LogP contribution in [0.5, 0.6) is 0 Å². The predicted octanol–water partition coefficient (Wildman–Crippen LogP) is 3.57. The van der Waals surface area contributed by atoms with Gasteiger partial charge in [-0.05, 0) is 62.4 Å². The van der Waals surface area contributed by atoms with Crippen LogP contribution in [0.2, 0.25) is 0 Å². The molecule has 0 spiro atoms. The molecule has 2 rings (SSSR count). The zero-order chi connectivity index (χ0) is 18.9. The fourth-order valence-corrected chi connectivity index (χ4v) is 2.43. The number of benzene rings is 2. The average molecular weight is 349 g/mol. The van der Waals surface area contributed by atoms with Crippen molar-refractivity contribution >= 4 is 28.7 Å². The maximum Gasteiger partial charge on any atom is 0.267 e. The van der Waals surface area contributed by atoms with Gasteiger partial charge in [-0.25, -0.2) is 0 Å². The second-order valence-electron chi connectivity index (χ2n) is 5.61. The van der Waals surface area contributed by atoms with Gasteiger partial charge in [0.25, 0.3) is 5.91 Å². The number of amides is 1. The van der Waals surface area contributed by atoms with E-state index in [1.54, 1.807) is 24.3 Å². The van der Waals surface area contributed by atoms with Crippen molar-refractivity contribution in [1.29, 1.82) is 5.26 Å². The Morgan fingerprint density at radius 1 is 1.08 bits per heavy atom. The van der Waals surface area contributed by atoms with Crippen LogP contribution in [0.1, 0.15) is 13.8 Å². The van der Waals surface area contributed by atoms with Crippen LogP contribution >= 0.6 is 0 Å². The molecule has 1 amide bonds. The SMILES string of the molecule is CCN(CC)c1ccc(N/C=C(/C#N)C(=O)Nc2ccc(N)cc2)cc1. The minimum Gasteiger partial charge on any atom is -0.399 e. The molecule has 0 saturated carbocycles. The van der Waals surface area contributed by atoms with Crippen molar-refractivity contribution in [2.45, 2.75) is 13.8 Å². The van der Waals surface area contributed by atoms with E-state index in [-0.39, 0.29) is 5.57 Å². The van der Waals surface area contributed by atoms with Crippen LogP contribution in [-0.4, -0.2) is 19.0 Å². The first kappa shape index (κ1) is 18.9. The van der Waals surface area contributed by atoms with Crippen LogP contribution < -0.4 is 21.3 Å². The van der Waals surface area contributed by atoms with Crippen molar-refractivity contribution < 1.29 is 4.79 Å². The zero-order valence-corrected chi connectivity index (χ0v) is 15.0. The van der Waals surface area contributed by atoms with Crippen molar-refractivity contribution in [3.05, 3.63) is 60.3 Å². The van der Waals surface area contributed by atoms with Crippen molar-refractivity contribution in [3.63, 3.8) is 0 Å². The summed E-state index contributed by atoms with van der Waals surface area (Å²) >= 11 is 0. The Bertz CT molecular complexity index is 800. The van der Waals surface area contributed by atoms with Gasteiger partial charge in [-0.3, -0.25) is 4.79 Å². The van der Waals surface area contributed by atoms with Gasteiger partial charge in [-0.1, -0.05) is 0 Å². The molecule has 6 nitrogen and oxygen atoms in total. The van der Waals surface area contributed by atoms with Gasteiger partial charge >= 0.3 is 0 Å². The summed E-state index contributed by atoms with van der Waals surface area (Å²) in [6, 6.07) is 16.5. The van der Waals surface area contributed by atoms with Gasteiger partial charge in [0, 0.05) is 42.0 Å². The van der Waals surface area contributed by atoms with E-state index in [2.05, 4.69) is 29.4 Å². The molecule has 4 N–H and O–H groups in total. The fraction of sp³-hybridized carbons (Fsp3) is 0.200. The normalized spacial score (nSPS) is 10.7.